The van der Waals surface area contributed by atoms with Crippen molar-refractivity contribution in [3.8, 4) is 5.75 Å². The average Bonchev–Trinajstić information content (AvgIpc) is 3.03. The SMILES string of the molecule is Cn1c(CN2CCCCC2)cc(=O)c(O)c1CN1CCCC1. The fourth-order valence-electron chi connectivity index (χ4n) is 3.62. The minimum atomic E-state index is -0.237. The van der Waals surface area contributed by atoms with Crippen LogP contribution < -0.4 is 5.43 Å². The van der Waals surface area contributed by atoms with E-state index in [2.05, 4.69) is 9.80 Å². The Morgan fingerprint density at radius 1 is 0.955 bits per heavy atom. The van der Waals surface area contributed by atoms with Gasteiger partial charge in [-0.25, -0.2) is 0 Å². The normalized spacial score (nSPS) is 20.6. The van der Waals surface area contributed by atoms with Crippen LogP contribution in [-0.2, 0) is 20.1 Å². The molecule has 0 radical (unpaired) electrons. The van der Waals surface area contributed by atoms with Crippen molar-refractivity contribution >= 4 is 0 Å². The van der Waals surface area contributed by atoms with Crippen LogP contribution in [0.15, 0.2) is 10.9 Å². The van der Waals surface area contributed by atoms with Crippen LogP contribution in [-0.4, -0.2) is 45.7 Å². The van der Waals surface area contributed by atoms with Crippen molar-refractivity contribution < 1.29 is 5.11 Å². The molecule has 0 saturated carbocycles. The summed E-state index contributed by atoms with van der Waals surface area (Å²) in [5.74, 6) is -0.0724. The zero-order valence-corrected chi connectivity index (χ0v) is 13.6. The molecule has 2 saturated heterocycles. The van der Waals surface area contributed by atoms with Crippen molar-refractivity contribution in [2.24, 2.45) is 7.05 Å². The summed E-state index contributed by atoms with van der Waals surface area (Å²) in [7, 11) is 1.98. The first-order chi connectivity index (χ1) is 10.6. The minimum absolute atomic E-state index is 0.0724. The van der Waals surface area contributed by atoms with E-state index in [0.29, 0.717) is 6.54 Å². The second-order valence-corrected chi connectivity index (χ2v) is 6.67. The summed E-state index contributed by atoms with van der Waals surface area (Å²) < 4.78 is 2.03. The minimum Gasteiger partial charge on any atom is -0.503 e. The van der Waals surface area contributed by atoms with Crippen molar-refractivity contribution in [2.75, 3.05) is 26.2 Å². The van der Waals surface area contributed by atoms with Crippen molar-refractivity contribution in [1.82, 2.24) is 14.4 Å². The Bertz CT molecular complexity index is 570. The second-order valence-electron chi connectivity index (χ2n) is 6.67. The molecule has 5 heteroatoms. The number of piperidine rings is 1. The highest BCUT2D eigenvalue weighted by molar-refractivity contribution is 5.30. The highest BCUT2D eigenvalue weighted by atomic mass is 16.3. The first-order valence-corrected chi connectivity index (χ1v) is 8.50. The standard InChI is InChI=1S/C17H27N3O2/c1-18-14(12-19-7-3-2-4-8-19)11-16(21)17(22)15(18)13-20-9-5-6-10-20/h11,22H,2-10,12-13H2,1H3. The largest absolute Gasteiger partial charge is 0.503 e. The van der Waals surface area contributed by atoms with Gasteiger partial charge in [-0.3, -0.25) is 14.6 Å². The van der Waals surface area contributed by atoms with Crippen LogP contribution in [0.25, 0.3) is 0 Å². The lowest BCUT2D eigenvalue weighted by Gasteiger charge is -2.28. The number of hydrogen-bond donors (Lipinski definition) is 1. The van der Waals surface area contributed by atoms with E-state index in [-0.39, 0.29) is 11.2 Å². The number of pyridine rings is 1. The molecule has 2 fully saturated rings. The average molecular weight is 305 g/mol. The van der Waals surface area contributed by atoms with E-state index >= 15 is 0 Å². The summed E-state index contributed by atoms with van der Waals surface area (Å²) in [5, 5.41) is 10.2. The third-order valence-corrected chi connectivity index (χ3v) is 5.05. The Kier molecular flexibility index (Phi) is 4.84. The topological polar surface area (TPSA) is 48.7 Å². The van der Waals surface area contributed by atoms with Gasteiger partial charge < -0.3 is 9.67 Å². The van der Waals surface area contributed by atoms with Gasteiger partial charge in [0, 0.05) is 31.9 Å². The molecular weight excluding hydrogens is 278 g/mol. The van der Waals surface area contributed by atoms with Gasteiger partial charge in [0.1, 0.15) is 0 Å². The Morgan fingerprint density at radius 3 is 2.14 bits per heavy atom. The van der Waals surface area contributed by atoms with E-state index in [4.69, 9.17) is 0 Å². The second kappa shape index (κ2) is 6.84. The molecule has 2 aliphatic heterocycles. The predicted octanol–water partition coefficient (Wildman–Crippen LogP) is 1.67. The first kappa shape index (κ1) is 15.6. The molecule has 0 spiro atoms. The fraction of sp³-hybridized carbons (Fsp3) is 0.706. The lowest BCUT2D eigenvalue weighted by molar-refractivity contribution is 0.214. The van der Waals surface area contributed by atoms with E-state index in [0.717, 1.165) is 44.1 Å². The molecule has 1 N–H and O–H groups in total. The van der Waals surface area contributed by atoms with Gasteiger partial charge in [-0.05, 0) is 51.9 Å². The molecule has 0 unspecified atom stereocenters. The van der Waals surface area contributed by atoms with Crippen LogP contribution in [0.3, 0.4) is 0 Å². The van der Waals surface area contributed by atoms with Crippen molar-refractivity contribution in [2.45, 2.75) is 45.2 Å². The van der Waals surface area contributed by atoms with Crippen molar-refractivity contribution in [3.05, 3.63) is 27.7 Å². The fourth-order valence-corrected chi connectivity index (χ4v) is 3.62. The smallest absolute Gasteiger partial charge is 0.223 e. The van der Waals surface area contributed by atoms with E-state index in [9.17, 15) is 9.90 Å². The van der Waals surface area contributed by atoms with Gasteiger partial charge >= 0.3 is 0 Å². The van der Waals surface area contributed by atoms with E-state index < -0.39 is 0 Å². The van der Waals surface area contributed by atoms with Crippen LogP contribution in [0.2, 0.25) is 0 Å². The molecule has 0 atom stereocenters. The number of hydrogen-bond acceptors (Lipinski definition) is 4. The summed E-state index contributed by atoms with van der Waals surface area (Å²) in [6.45, 7) is 5.81. The van der Waals surface area contributed by atoms with E-state index in [1.165, 1.54) is 32.1 Å². The van der Waals surface area contributed by atoms with Gasteiger partial charge in [-0.15, -0.1) is 0 Å². The molecule has 5 nitrogen and oxygen atoms in total. The summed E-state index contributed by atoms with van der Waals surface area (Å²) in [6, 6.07) is 1.61. The zero-order chi connectivity index (χ0) is 15.5. The summed E-state index contributed by atoms with van der Waals surface area (Å²) in [5.41, 5.74) is 1.54. The quantitative estimate of drug-likeness (QED) is 0.919. The first-order valence-electron chi connectivity index (χ1n) is 8.50. The van der Waals surface area contributed by atoms with Crippen molar-refractivity contribution in [1.29, 1.82) is 0 Å². The lowest BCUT2D eigenvalue weighted by atomic mass is 10.1. The van der Waals surface area contributed by atoms with Gasteiger partial charge in [0.05, 0.1) is 5.69 Å². The molecule has 0 amide bonds. The maximum atomic E-state index is 12.1. The third-order valence-electron chi connectivity index (χ3n) is 5.05. The van der Waals surface area contributed by atoms with Gasteiger partial charge in [0.2, 0.25) is 5.43 Å². The van der Waals surface area contributed by atoms with Crippen LogP contribution in [0, 0.1) is 0 Å². The number of likely N-dealkylation sites (tertiary alicyclic amines) is 2. The molecule has 22 heavy (non-hydrogen) atoms. The maximum absolute atomic E-state index is 12.1. The van der Waals surface area contributed by atoms with Crippen LogP contribution >= 0.6 is 0 Å². The number of aromatic hydroxyl groups is 1. The van der Waals surface area contributed by atoms with Crippen LogP contribution in [0.4, 0.5) is 0 Å². The molecular formula is C17H27N3O2. The number of aromatic nitrogens is 1. The van der Waals surface area contributed by atoms with Gasteiger partial charge in [-0.1, -0.05) is 6.42 Å². The van der Waals surface area contributed by atoms with Crippen LogP contribution in [0.1, 0.15) is 43.5 Å². The van der Waals surface area contributed by atoms with Gasteiger partial charge in [0.15, 0.2) is 5.75 Å². The Labute approximate surface area is 132 Å². The predicted molar refractivity (Wildman–Crippen MR) is 87.0 cm³/mol. The van der Waals surface area contributed by atoms with Gasteiger partial charge in [-0.2, -0.15) is 0 Å². The van der Waals surface area contributed by atoms with Gasteiger partial charge in [0.25, 0.3) is 0 Å². The van der Waals surface area contributed by atoms with E-state index in [1.54, 1.807) is 6.07 Å². The molecule has 1 aromatic rings. The molecule has 0 aromatic carbocycles. The molecule has 2 aliphatic rings. The molecule has 1 aromatic heterocycles. The van der Waals surface area contributed by atoms with Crippen LogP contribution in [0.5, 0.6) is 5.75 Å². The lowest BCUT2D eigenvalue weighted by Crippen LogP contribution is -2.32. The Balaban J connectivity index is 1.83. The Morgan fingerprint density at radius 2 is 1.50 bits per heavy atom. The summed E-state index contributed by atoms with van der Waals surface area (Å²) in [6.07, 6.45) is 6.22. The third kappa shape index (κ3) is 3.36. The zero-order valence-electron chi connectivity index (χ0n) is 13.6. The van der Waals surface area contributed by atoms with Crippen molar-refractivity contribution in [3.63, 3.8) is 0 Å². The molecule has 3 heterocycles. The highest BCUT2D eigenvalue weighted by Gasteiger charge is 2.20. The number of nitrogens with zero attached hydrogens (tertiary/aromatic N) is 3. The molecule has 0 aliphatic carbocycles. The Hall–Kier alpha value is -1.33. The maximum Gasteiger partial charge on any atom is 0.223 e. The van der Waals surface area contributed by atoms with E-state index in [1.807, 2.05) is 11.6 Å². The molecule has 3 rings (SSSR count). The molecule has 122 valence electrons. The molecule has 0 bridgehead atoms. The highest BCUT2D eigenvalue weighted by Crippen LogP contribution is 2.20. The number of rotatable bonds is 4. The monoisotopic (exact) mass is 305 g/mol. The summed E-state index contributed by atoms with van der Waals surface area (Å²) >= 11 is 0. The summed E-state index contributed by atoms with van der Waals surface area (Å²) in [4.78, 5) is 16.9.